The third-order valence-electron chi connectivity index (χ3n) is 2.72. The highest BCUT2D eigenvalue weighted by atomic mass is 16.5. The summed E-state index contributed by atoms with van der Waals surface area (Å²) in [6.45, 7) is 0.566. The third kappa shape index (κ3) is 0.906. The molecule has 0 aromatic carbocycles. The average Bonchev–Trinajstić information content (AvgIpc) is 2.60. The second kappa shape index (κ2) is 2.47. The van der Waals surface area contributed by atoms with Crippen molar-refractivity contribution in [1.29, 1.82) is 0 Å². The minimum Gasteiger partial charge on any atom is -0.453 e. The number of amides is 1. The maximum Gasteiger partial charge on any atom is 0.409 e. The van der Waals surface area contributed by atoms with E-state index < -0.39 is 0 Å². The van der Waals surface area contributed by atoms with Crippen molar-refractivity contribution < 1.29 is 14.3 Å². The maximum absolute atomic E-state index is 11.1. The monoisotopic (exact) mass is 169 g/mol. The van der Waals surface area contributed by atoms with E-state index in [9.17, 15) is 9.59 Å². The fourth-order valence-electron chi connectivity index (χ4n) is 2.08. The SMILES string of the molecule is COC(=O)N1CC2CC1CC2=O. The van der Waals surface area contributed by atoms with Gasteiger partial charge >= 0.3 is 6.09 Å². The van der Waals surface area contributed by atoms with Crippen LogP contribution in [0.5, 0.6) is 0 Å². The van der Waals surface area contributed by atoms with Crippen molar-refractivity contribution in [3.63, 3.8) is 0 Å². The van der Waals surface area contributed by atoms with E-state index in [1.54, 1.807) is 4.90 Å². The van der Waals surface area contributed by atoms with Gasteiger partial charge in [-0.2, -0.15) is 0 Å². The summed E-state index contributed by atoms with van der Waals surface area (Å²) in [6.07, 6.45) is 1.07. The molecule has 1 saturated carbocycles. The number of rotatable bonds is 0. The molecule has 0 aromatic heterocycles. The predicted octanol–water partition coefficient (Wildman–Crippen LogP) is 0.416. The minimum atomic E-state index is -0.296. The van der Waals surface area contributed by atoms with Gasteiger partial charge in [0.1, 0.15) is 5.78 Å². The Morgan fingerprint density at radius 2 is 2.42 bits per heavy atom. The summed E-state index contributed by atoms with van der Waals surface area (Å²) in [6, 6.07) is 0.120. The Morgan fingerprint density at radius 3 is 2.83 bits per heavy atom. The highest BCUT2D eigenvalue weighted by Gasteiger charge is 2.46. The largest absolute Gasteiger partial charge is 0.453 e. The molecule has 1 heterocycles. The number of Topliss-reactive ketones (excluding diaryl/α,β-unsaturated/α-hetero) is 1. The first-order valence-corrected chi connectivity index (χ1v) is 4.09. The lowest BCUT2D eigenvalue weighted by atomic mass is 10.1. The summed E-state index contributed by atoms with van der Waals surface area (Å²) >= 11 is 0. The van der Waals surface area contributed by atoms with Gasteiger partial charge in [-0.3, -0.25) is 4.79 Å². The second-order valence-electron chi connectivity index (χ2n) is 3.38. The van der Waals surface area contributed by atoms with Crippen LogP contribution in [-0.2, 0) is 9.53 Å². The van der Waals surface area contributed by atoms with Gasteiger partial charge in [0.2, 0.25) is 0 Å². The van der Waals surface area contributed by atoms with Crippen LogP contribution in [0.2, 0.25) is 0 Å². The molecular weight excluding hydrogens is 158 g/mol. The van der Waals surface area contributed by atoms with Crippen LogP contribution >= 0.6 is 0 Å². The van der Waals surface area contributed by atoms with Gasteiger partial charge in [0.15, 0.2) is 0 Å². The van der Waals surface area contributed by atoms with E-state index in [-0.39, 0.29) is 18.1 Å². The first-order valence-electron chi connectivity index (χ1n) is 4.09. The van der Waals surface area contributed by atoms with Crippen molar-refractivity contribution in [3.8, 4) is 0 Å². The van der Waals surface area contributed by atoms with Gasteiger partial charge in [-0.15, -0.1) is 0 Å². The molecule has 2 atom stereocenters. The number of hydrogen-bond acceptors (Lipinski definition) is 3. The molecule has 2 aliphatic rings. The maximum atomic E-state index is 11.1. The number of fused-ring (bicyclic) bond motifs is 2. The molecule has 66 valence electrons. The van der Waals surface area contributed by atoms with E-state index in [0.29, 0.717) is 18.7 Å². The van der Waals surface area contributed by atoms with Crippen molar-refractivity contribution in [2.24, 2.45) is 5.92 Å². The van der Waals surface area contributed by atoms with E-state index in [4.69, 9.17) is 0 Å². The molecule has 2 unspecified atom stereocenters. The molecule has 4 heteroatoms. The standard InChI is InChI=1S/C8H11NO3/c1-12-8(11)9-4-5-2-6(9)3-7(5)10/h5-6H,2-4H2,1H3. The lowest BCUT2D eigenvalue weighted by Crippen LogP contribution is -2.40. The van der Waals surface area contributed by atoms with Gasteiger partial charge in [0.25, 0.3) is 0 Å². The highest BCUT2D eigenvalue weighted by molar-refractivity contribution is 5.87. The van der Waals surface area contributed by atoms with E-state index in [1.165, 1.54) is 7.11 Å². The predicted molar refractivity (Wildman–Crippen MR) is 40.6 cm³/mol. The van der Waals surface area contributed by atoms with Crippen molar-refractivity contribution in [1.82, 2.24) is 4.90 Å². The molecule has 4 nitrogen and oxygen atoms in total. The summed E-state index contributed by atoms with van der Waals surface area (Å²) in [5.74, 6) is 0.397. The summed E-state index contributed by atoms with van der Waals surface area (Å²) in [4.78, 5) is 23.9. The Bertz CT molecular complexity index is 238. The molecule has 2 bridgehead atoms. The number of hydrogen-bond donors (Lipinski definition) is 0. The van der Waals surface area contributed by atoms with Gasteiger partial charge in [-0.25, -0.2) is 4.79 Å². The number of nitrogens with zero attached hydrogens (tertiary/aromatic N) is 1. The van der Waals surface area contributed by atoms with Crippen LogP contribution in [0.3, 0.4) is 0 Å². The van der Waals surface area contributed by atoms with Gasteiger partial charge in [0.05, 0.1) is 7.11 Å². The van der Waals surface area contributed by atoms with Crippen LogP contribution in [0, 0.1) is 5.92 Å². The Hall–Kier alpha value is -1.06. The first kappa shape index (κ1) is 7.58. The molecule has 1 saturated heterocycles. The topological polar surface area (TPSA) is 46.6 Å². The highest BCUT2D eigenvalue weighted by Crippen LogP contribution is 2.34. The summed E-state index contributed by atoms with van der Waals surface area (Å²) in [5, 5.41) is 0. The van der Waals surface area contributed by atoms with Crippen LogP contribution in [-0.4, -0.2) is 36.5 Å². The molecule has 0 aromatic rings. The van der Waals surface area contributed by atoms with Gasteiger partial charge in [-0.05, 0) is 6.42 Å². The van der Waals surface area contributed by atoms with E-state index in [1.807, 2.05) is 0 Å². The molecule has 1 aliphatic carbocycles. The van der Waals surface area contributed by atoms with E-state index in [2.05, 4.69) is 4.74 Å². The molecule has 0 radical (unpaired) electrons. The number of carbonyl (C=O) groups excluding carboxylic acids is 2. The Kier molecular flexibility index (Phi) is 1.56. The molecule has 2 rings (SSSR count). The Balaban J connectivity index is 2.07. The van der Waals surface area contributed by atoms with Crippen molar-refractivity contribution in [3.05, 3.63) is 0 Å². The molecular formula is C8H11NO3. The average molecular weight is 169 g/mol. The number of likely N-dealkylation sites (tertiary alicyclic amines) is 1. The van der Waals surface area contributed by atoms with Gasteiger partial charge < -0.3 is 9.64 Å². The fraction of sp³-hybridized carbons (Fsp3) is 0.750. The van der Waals surface area contributed by atoms with Gasteiger partial charge in [-0.1, -0.05) is 0 Å². The molecule has 12 heavy (non-hydrogen) atoms. The molecule has 1 amide bonds. The van der Waals surface area contributed by atoms with Crippen LogP contribution in [0.1, 0.15) is 12.8 Å². The molecule has 0 spiro atoms. The zero-order chi connectivity index (χ0) is 8.72. The van der Waals surface area contributed by atoms with Crippen LogP contribution in [0.15, 0.2) is 0 Å². The summed E-state index contributed by atoms with van der Waals surface area (Å²) in [5.41, 5.74) is 0. The smallest absolute Gasteiger partial charge is 0.409 e. The van der Waals surface area contributed by atoms with Crippen molar-refractivity contribution in [2.45, 2.75) is 18.9 Å². The zero-order valence-electron chi connectivity index (χ0n) is 6.95. The van der Waals surface area contributed by atoms with Crippen molar-refractivity contribution >= 4 is 11.9 Å². The summed E-state index contributed by atoms with van der Waals surface area (Å²) in [7, 11) is 1.37. The molecule has 0 N–H and O–H groups in total. The van der Waals surface area contributed by atoms with Crippen LogP contribution in [0.25, 0.3) is 0 Å². The van der Waals surface area contributed by atoms with E-state index in [0.717, 1.165) is 6.42 Å². The first-order chi connectivity index (χ1) is 5.72. The number of ketones is 1. The van der Waals surface area contributed by atoms with Crippen LogP contribution in [0.4, 0.5) is 4.79 Å². The number of ether oxygens (including phenoxy) is 1. The zero-order valence-corrected chi connectivity index (χ0v) is 6.95. The number of carbonyl (C=O) groups is 2. The lowest BCUT2D eigenvalue weighted by molar-refractivity contribution is -0.122. The normalized spacial score (nSPS) is 32.8. The Morgan fingerprint density at radius 1 is 1.67 bits per heavy atom. The van der Waals surface area contributed by atoms with Crippen molar-refractivity contribution in [2.75, 3.05) is 13.7 Å². The van der Waals surface area contributed by atoms with Crippen LogP contribution < -0.4 is 0 Å². The number of methoxy groups -OCH3 is 1. The lowest BCUT2D eigenvalue weighted by Gasteiger charge is -2.24. The Labute approximate surface area is 70.5 Å². The third-order valence-corrected chi connectivity index (χ3v) is 2.72. The van der Waals surface area contributed by atoms with E-state index >= 15 is 0 Å². The van der Waals surface area contributed by atoms with Gasteiger partial charge in [0, 0.05) is 24.9 Å². The fourth-order valence-corrected chi connectivity index (χ4v) is 2.08. The minimum absolute atomic E-state index is 0.0918. The number of piperidine rings is 1. The molecule has 1 aliphatic heterocycles. The second-order valence-corrected chi connectivity index (χ2v) is 3.38. The molecule has 2 fully saturated rings. The summed E-state index contributed by atoms with van der Waals surface area (Å²) < 4.78 is 4.60. The quantitative estimate of drug-likeness (QED) is 0.528.